The first-order valence-electron chi connectivity index (χ1n) is 43.3. The van der Waals surface area contributed by atoms with Gasteiger partial charge in [0, 0.05) is 0 Å². The number of hydrogen-bond acceptors (Lipinski definition) is 0. The first-order chi connectivity index (χ1) is 51.8. The molecule has 564 valence electrons. The molecule has 106 heavy (non-hydrogen) atoms. The molecule has 12 fully saturated rings. The average Bonchev–Trinajstić information content (AvgIpc) is 1.52. The minimum atomic E-state index is 0.371. The minimum absolute atomic E-state index is 0.371. The van der Waals surface area contributed by atoms with Crippen LogP contribution in [0.1, 0.15) is 116 Å². The van der Waals surface area contributed by atoms with E-state index < -0.39 is 0 Å². The SMILES string of the molecule is C1=CC2C=CC1C2.C1=CC2C=CC1CCC2.C1=CC2CC1C1C3C=CC(C3)C21.C1=CC2CC1C1C3CC(C21)C1C2C=CC(C2)C31.C=CC(C=C)CC(C=C)C=C.C=CC(C=C)CCCC(C=C)C=C.C=CC1CC(C=C)C2C(C=C)CC(C=C)C12.C=CC1CC(C=C)C2C3CC(C12)C1C(C=C)CC(C=C)C31. The maximum absolute atomic E-state index is 4.14. The highest BCUT2D eigenvalue weighted by Crippen LogP contribution is 2.76. The molecule has 12 saturated carbocycles. The van der Waals surface area contributed by atoms with E-state index in [2.05, 4.69) is 251 Å². The van der Waals surface area contributed by atoms with Gasteiger partial charge in [0.15, 0.2) is 0 Å². The van der Waals surface area contributed by atoms with Crippen molar-refractivity contribution in [2.75, 3.05) is 0 Å². The fourth-order valence-electron chi connectivity index (χ4n) is 28.6. The van der Waals surface area contributed by atoms with E-state index in [0.717, 1.165) is 209 Å². The fraction of sp³-hybridized carbons (Fsp3) is 0.547. The summed E-state index contributed by atoms with van der Waals surface area (Å²) in [7, 11) is 0. The Labute approximate surface area is 647 Å². The van der Waals surface area contributed by atoms with E-state index in [9.17, 15) is 0 Å². The summed E-state index contributed by atoms with van der Waals surface area (Å²) in [5.74, 6) is 33.9. The molecule has 0 amide bonds. The Morgan fingerprint density at radius 3 is 0.670 bits per heavy atom. The second kappa shape index (κ2) is 35.2. The molecule has 0 nitrogen and oxygen atoms in total. The molecule has 0 aromatic rings. The van der Waals surface area contributed by atoms with Gasteiger partial charge in [-0.15, -0.1) is 105 Å². The highest BCUT2D eigenvalue weighted by Gasteiger charge is 2.70. The first-order valence-corrected chi connectivity index (χ1v) is 43.3. The van der Waals surface area contributed by atoms with Crippen LogP contribution in [0.25, 0.3) is 0 Å². The molecule has 0 N–H and O–H groups in total. The van der Waals surface area contributed by atoms with Crippen molar-refractivity contribution in [1.29, 1.82) is 0 Å². The van der Waals surface area contributed by atoms with E-state index in [1.165, 1.54) is 89.9 Å². The lowest BCUT2D eigenvalue weighted by Crippen LogP contribution is -2.38. The molecule has 24 unspecified atom stereocenters. The van der Waals surface area contributed by atoms with Crippen LogP contribution < -0.4 is 0 Å². The Hall–Kier alpha value is -6.24. The van der Waals surface area contributed by atoms with Crippen LogP contribution in [-0.4, -0.2) is 0 Å². The lowest BCUT2D eigenvalue weighted by molar-refractivity contribution is 0.0811. The minimum Gasteiger partial charge on any atom is -0.103 e. The summed E-state index contributed by atoms with van der Waals surface area (Å²) in [6.45, 7) is 62.4. The summed E-state index contributed by atoms with van der Waals surface area (Å²) in [6, 6.07) is 0. The first kappa shape index (κ1) is 77.9. The highest BCUT2D eigenvalue weighted by atomic mass is 14.7. The van der Waals surface area contributed by atoms with E-state index >= 15 is 0 Å². The third-order valence-corrected chi connectivity index (χ3v) is 32.9. The zero-order valence-electron chi connectivity index (χ0n) is 65.6. The lowest BCUT2D eigenvalue weighted by atomic mass is 9.62. The van der Waals surface area contributed by atoms with Gasteiger partial charge >= 0.3 is 0 Å². The van der Waals surface area contributed by atoms with E-state index in [-0.39, 0.29) is 0 Å². The Kier molecular flexibility index (Phi) is 25.9. The number of rotatable bonds is 22. The summed E-state index contributed by atoms with van der Waals surface area (Å²) in [4.78, 5) is 0. The van der Waals surface area contributed by atoms with Gasteiger partial charge in [-0.3, -0.25) is 0 Å². The molecule has 21 aliphatic rings. The van der Waals surface area contributed by atoms with Crippen molar-refractivity contribution in [3.8, 4) is 0 Å². The lowest BCUT2D eigenvalue weighted by Gasteiger charge is -2.42. The Morgan fingerprint density at radius 2 is 0.443 bits per heavy atom. The Bertz CT molecular complexity index is 3070. The molecule has 16 bridgehead atoms. The molecular formula is C106H140. The predicted octanol–water partition coefficient (Wildman–Crippen LogP) is 27.3. The molecule has 0 aromatic carbocycles. The molecule has 0 aromatic heterocycles. The van der Waals surface area contributed by atoms with E-state index in [4.69, 9.17) is 0 Å². The largest absolute Gasteiger partial charge is 0.103 e. The maximum atomic E-state index is 4.14. The number of hydrogen-bond donors (Lipinski definition) is 0. The van der Waals surface area contributed by atoms with Crippen LogP contribution in [-0.2, 0) is 0 Å². The molecule has 0 aliphatic heterocycles. The second-order valence-corrected chi connectivity index (χ2v) is 37.1. The molecule has 0 heteroatoms. The summed E-state index contributed by atoms with van der Waals surface area (Å²) < 4.78 is 0. The van der Waals surface area contributed by atoms with Gasteiger partial charge in [-0.25, -0.2) is 0 Å². The van der Waals surface area contributed by atoms with Crippen LogP contribution >= 0.6 is 0 Å². The average molecular weight is 1410 g/mol. The fourth-order valence-corrected chi connectivity index (χ4v) is 28.6. The molecule has 24 atom stereocenters. The highest BCUT2D eigenvalue weighted by molar-refractivity contribution is 5.30. The summed E-state index contributed by atoms with van der Waals surface area (Å²) >= 11 is 0. The topological polar surface area (TPSA) is 0 Å². The van der Waals surface area contributed by atoms with Crippen LogP contribution in [0.2, 0.25) is 0 Å². The smallest absolute Gasteiger partial charge is 0.00445 e. The molecule has 21 aliphatic carbocycles. The molecule has 0 saturated heterocycles. The van der Waals surface area contributed by atoms with Crippen molar-refractivity contribution >= 4 is 0 Å². The van der Waals surface area contributed by atoms with E-state index in [1.807, 2.05) is 48.6 Å². The number of allylic oxidation sites excluding steroid dienone is 32. The predicted molar refractivity (Wildman–Crippen MR) is 459 cm³/mol. The van der Waals surface area contributed by atoms with Crippen LogP contribution in [0, 0.1) is 237 Å². The maximum Gasteiger partial charge on any atom is -0.00445 e. The zero-order valence-corrected chi connectivity index (χ0v) is 65.6. The Morgan fingerprint density at radius 1 is 0.217 bits per heavy atom. The molecular weight excluding hydrogens is 1270 g/mol. The third-order valence-electron chi connectivity index (χ3n) is 32.9. The van der Waals surface area contributed by atoms with Gasteiger partial charge in [0.05, 0.1) is 0 Å². The molecule has 0 radical (unpaired) electrons. The van der Waals surface area contributed by atoms with Crippen molar-refractivity contribution in [3.05, 3.63) is 300 Å². The van der Waals surface area contributed by atoms with E-state index in [1.54, 1.807) is 6.42 Å². The van der Waals surface area contributed by atoms with Gasteiger partial charge < -0.3 is 0 Å². The normalized spacial score (nSPS) is 45.2. The van der Waals surface area contributed by atoms with Gasteiger partial charge in [0.1, 0.15) is 0 Å². The van der Waals surface area contributed by atoms with Crippen molar-refractivity contribution in [3.63, 3.8) is 0 Å². The van der Waals surface area contributed by atoms with Crippen LogP contribution in [0.3, 0.4) is 0 Å². The van der Waals surface area contributed by atoms with Gasteiger partial charge in [-0.1, -0.05) is 207 Å². The third kappa shape index (κ3) is 15.2. The van der Waals surface area contributed by atoms with Crippen LogP contribution in [0.15, 0.2) is 300 Å². The van der Waals surface area contributed by atoms with Gasteiger partial charge in [-0.2, -0.15) is 0 Å². The van der Waals surface area contributed by atoms with Gasteiger partial charge in [0.2, 0.25) is 0 Å². The summed E-state index contributed by atoms with van der Waals surface area (Å²) in [5.41, 5.74) is 0. The zero-order chi connectivity index (χ0) is 74.4. The van der Waals surface area contributed by atoms with Gasteiger partial charge in [-0.05, 0) is 339 Å². The van der Waals surface area contributed by atoms with Crippen LogP contribution in [0.4, 0.5) is 0 Å². The van der Waals surface area contributed by atoms with Crippen molar-refractivity contribution < 1.29 is 0 Å². The summed E-state index contributed by atoms with van der Waals surface area (Å²) in [6.07, 6.45) is 96.0. The van der Waals surface area contributed by atoms with E-state index in [0.29, 0.717) is 47.3 Å². The Balaban J connectivity index is 0.000000109. The van der Waals surface area contributed by atoms with Crippen molar-refractivity contribution in [1.82, 2.24) is 0 Å². The van der Waals surface area contributed by atoms with Crippen molar-refractivity contribution in [2.24, 2.45) is 237 Å². The van der Waals surface area contributed by atoms with Gasteiger partial charge in [0.25, 0.3) is 0 Å². The summed E-state index contributed by atoms with van der Waals surface area (Å²) in [5, 5.41) is 0. The molecule has 0 heterocycles. The second-order valence-electron chi connectivity index (χ2n) is 37.1. The quantitative estimate of drug-likeness (QED) is 0.0749. The van der Waals surface area contributed by atoms with Crippen LogP contribution in [0.5, 0.6) is 0 Å². The standard InChI is InChI=1S/C21H28.C17H20.C16H22.C13H20.C12H14.C11H16.C9H12.C7H8/c1-5-12-9-13(6-2)19-17-11-16(18(12)19)20-14(7-3)10-15(8-4)21(17)20;1-2-9-5-8(1)14-12-7-13(15(9)14)17-11-4-3-10(6-11)16(12)17;1-5-11-9-12(6-2)16-14(8-4)10-13(7-3)15(11)16;1-5-12(6-2)10-9-11-13(7-3)8-4;1-2-8-5-7(1)11-9-3-4-10(6-9)12(8)11;1-5-10(6-2)9-11(7-3)8-4;1-2-8-4-6-9(3-1)7-5-8;1-2-7-4-3-6(1)5-7/h5-8,12-21H,1-4,9-11H2;1-4,8-17H,5-7H2;5-8,11-16H,1-4,9-10H2;5-8,12-13H,1-4,9-11H2;1-4,7-12H,5-6H2;5-8,10-11H,1-4,9H2;4-9H,1-3H2;1-4,6-7H,5H2. The monoisotopic (exact) mass is 1410 g/mol. The number of fused-ring (bicyclic) bond motifs is 38. The molecule has 21 rings (SSSR count). The van der Waals surface area contributed by atoms with Crippen molar-refractivity contribution in [2.45, 2.75) is 116 Å². The molecule has 0 spiro atoms.